The van der Waals surface area contributed by atoms with Crippen LogP contribution in [0.1, 0.15) is 19.5 Å². The van der Waals surface area contributed by atoms with Gasteiger partial charge in [-0.15, -0.1) is 0 Å². The topological polar surface area (TPSA) is 12.9 Å². The van der Waals surface area contributed by atoms with Crippen LogP contribution in [0.3, 0.4) is 0 Å². The summed E-state index contributed by atoms with van der Waals surface area (Å²) in [7, 11) is 0. The third-order valence-corrected chi connectivity index (χ3v) is 1.83. The van der Waals surface area contributed by atoms with E-state index in [1.54, 1.807) is 0 Å². The Morgan fingerprint density at radius 3 is 3.00 bits per heavy atom. The first kappa shape index (κ1) is 6.49. The second kappa shape index (κ2) is 2.78. The summed E-state index contributed by atoms with van der Waals surface area (Å²) < 4.78 is 4.16. The maximum absolute atomic E-state index is 4.16. The highest BCUT2D eigenvalue weighted by Gasteiger charge is 1.92. The molecule has 0 spiro atoms. The molecule has 0 aliphatic heterocycles. The van der Waals surface area contributed by atoms with Crippen molar-refractivity contribution in [3.05, 3.63) is 23.2 Å². The predicted octanol–water partition coefficient (Wildman–Crippen LogP) is 2.57. The lowest BCUT2D eigenvalue weighted by atomic mass is 10.2. The van der Waals surface area contributed by atoms with Crippen molar-refractivity contribution < 1.29 is 0 Å². The van der Waals surface area contributed by atoms with Crippen LogP contribution in [-0.4, -0.2) is 4.37 Å². The van der Waals surface area contributed by atoms with E-state index in [2.05, 4.69) is 17.4 Å². The van der Waals surface area contributed by atoms with Crippen LogP contribution in [0.2, 0.25) is 0 Å². The highest BCUT2D eigenvalue weighted by Crippen LogP contribution is 2.11. The van der Waals surface area contributed by atoms with Gasteiger partial charge in [0, 0.05) is 5.38 Å². The smallest absolute Gasteiger partial charge is 0.0794 e. The van der Waals surface area contributed by atoms with E-state index in [4.69, 9.17) is 0 Å². The lowest BCUT2D eigenvalue weighted by Gasteiger charge is -1.88. The second-order valence-electron chi connectivity index (χ2n) is 1.86. The van der Waals surface area contributed by atoms with Crippen LogP contribution in [0.4, 0.5) is 0 Å². The van der Waals surface area contributed by atoms with Crippen molar-refractivity contribution in [2.75, 3.05) is 0 Å². The fourth-order valence-electron chi connectivity index (χ4n) is 0.564. The number of hydrogen-bond donors (Lipinski definition) is 0. The van der Waals surface area contributed by atoms with Gasteiger partial charge in [-0.25, -0.2) is 0 Å². The van der Waals surface area contributed by atoms with Crippen LogP contribution in [0.15, 0.2) is 17.5 Å². The zero-order chi connectivity index (χ0) is 6.69. The van der Waals surface area contributed by atoms with Gasteiger partial charge in [-0.2, -0.15) is 4.37 Å². The summed E-state index contributed by atoms with van der Waals surface area (Å²) in [5, 5.41) is 1.99. The van der Waals surface area contributed by atoms with Gasteiger partial charge >= 0.3 is 0 Å². The van der Waals surface area contributed by atoms with Gasteiger partial charge in [-0.1, -0.05) is 6.08 Å². The monoisotopic (exact) mass is 139 g/mol. The van der Waals surface area contributed by atoms with Gasteiger partial charge in [0.1, 0.15) is 0 Å². The quantitative estimate of drug-likeness (QED) is 0.582. The maximum atomic E-state index is 4.16. The van der Waals surface area contributed by atoms with Gasteiger partial charge < -0.3 is 0 Å². The molecule has 0 atom stereocenters. The van der Waals surface area contributed by atoms with Crippen LogP contribution < -0.4 is 0 Å². The molecule has 0 radical (unpaired) electrons. The Bertz CT molecular complexity index is 199. The molecule has 0 unspecified atom stereocenters. The van der Waals surface area contributed by atoms with E-state index in [1.807, 2.05) is 18.4 Å². The normalized spacial score (nSPS) is 12.0. The van der Waals surface area contributed by atoms with E-state index in [-0.39, 0.29) is 0 Å². The van der Waals surface area contributed by atoms with Crippen molar-refractivity contribution in [1.29, 1.82) is 0 Å². The first-order valence-corrected chi connectivity index (χ1v) is 3.72. The zero-order valence-electron chi connectivity index (χ0n) is 5.59. The molecule has 48 valence electrons. The standard InChI is InChI=1S/C7H9NS/c1-3-6(2)7-4-5-9-8-7/h3-5H,1-2H3/b6-3+. The lowest BCUT2D eigenvalue weighted by Crippen LogP contribution is -1.73. The number of aromatic nitrogens is 1. The lowest BCUT2D eigenvalue weighted by molar-refractivity contribution is 1.43. The largest absolute Gasteiger partial charge is 0.193 e. The minimum Gasteiger partial charge on any atom is -0.193 e. The molecule has 9 heavy (non-hydrogen) atoms. The average molecular weight is 139 g/mol. The van der Waals surface area contributed by atoms with Crippen LogP contribution >= 0.6 is 11.5 Å². The molecule has 0 N–H and O–H groups in total. The summed E-state index contributed by atoms with van der Waals surface area (Å²) >= 11 is 1.49. The number of nitrogens with zero attached hydrogens (tertiary/aromatic N) is 1. The van der Waals surface area contributed by atoms with Gasteiger partial charge in [0.2, 0.25) is 0 Å². The molecule has 0 aliphatic carbocycles. The fourth-order valence-corrected chi connectivity index (χ4v) is 1.13. The molecule has 1 aromatic heterocycles. The third-order valence-electron chi connectivity index (χ3n) is 1.27. The van der Waals surface area contributed by atoms with E-state index in [0.29, 0.717) is 0 Å². The Kier molecular flexibility index (Phi) is 2.01. The van der Waals surface area contributed by atoms with E-state index in [0.717, 1.165) is 5.69 Å². The van der Waals surface area contributed by atoms with Gasteiger partial charge in [-0.3, -0.25) is 0 Å². The predicted molar refractivity (Wildman–Crippen MR) is 41.4 cm³/mol. The Labute approximate surface area is 59.2 Å². The second-order valence-corrected chi connectivity index (χ2v) is 2.52. The first-order valence-electron chi connectivity index (χ1n) is 2.88. The van der Waals surface area contributed by atoms with Crippen LogP contribution in [-0.2, 0) is 0 Å². The highest BCUT2D eigenvalue weighted by atomic mass is 32.1. The summed E-state index contributed by atoms with van der Waals surface area (Å²) in [6, 6.07) is 2.03. The Morgan fingerprint density at radius 2 is 2.56 bits per heavy atom. The summed E-state index contributed by atoms with van der Waals surface area (Å²) in [6.45, 7) is 4.09. The van der Waals surface area contributed by atoms with Crippen molar-refractivity contribution >= 4 is 17.1 Å². The summed E-state index contributed by atoms with van der Waals surface area (Å²) in [5.74, 6) is 0. The van der Waals surface area contributed by atoms with Crippen molar-refractivity contribution in [3.8, 4) is 0 Å². The molecule has 0 aromatic carbocycles. The van der Waals surface area contributed by atoms with E-state index in [1.165, 1.54) is 17.1 Å². The minimum absolute atomic E-state index is 1.10. The summed E-state index contributed by atoms with van der Waals surface area (Å²) in [6.07, 6.45) is 2.06. The molecule has 0 saturated carbocycles. The molecule has 0 fully saturated rings. The van der Waals surface area contributed by atoms with Crippen LogP contribution in [0, 0.1) is 0 Å². The van der Waals surface area contributed by atoms with Crippen molar-refractivity contribution in [3.63, 3.8) is 0 Å². The van der Waals surface area contributed by atoms with Crippen LogP contribution in [0.5, 0.6) is 0 Å². The summed E-state index contributed by atoms with van der Waals surface area (Å²) in [4.78, 5) is 0. The number of rotatable bonds is 1. The van der Waals surface area contributed by atoms with E-state index < -0.39 is 0 Å². The molecule has 0 bridgehead atoms. The SMILES string of the molecule is C/C=C(\C)c1ccsn1. The van der Waals surface area contributed by atoms with Gasteiger partial charge in [0.15, 0.2) is 0 Å². The zero-order valence-corrected chi connectivity index (χ0v) is 6.40. The Morgan fingerprint density at radius 1 is 1.78 bits per heavy atom. The first-order chi connectivity index (χ1) is 4.34. The molecule has 1 heterocycles. The van der Waals surface area contributed by atoms with Crippen molar-refractivity contribution in [2.24, 2.45) is 0 Å². The molecular formula is C7H9NS. The molecule has 2 heteroatoms. The summed E-state index contributed by atoms with van der Waals surface area (Å²) in [5.41, 5.74) is 2.35. The third kappa shape index (κ3) is 1.39. The number of allylic oxidation sites excluding steroid dienone is 2. The number of hydrogen-bond acceptors (Lipinski definition) is 2. The molecule has 1 aromatic rings. The van der Waals surface area contributed by atoms with Gasteiger partial charge in [-0.05, 0) is 37.0 Å². The van der Waals surface area contributed by atoms with Gasteiger partial charge in [0.05, 0.1) is 5.69 Å². The van der Waals surface area contributed by atoms with Crippen molar-refractivity contribution in [1.82, 2.24) is 4.37 Å². The Hall–Kier alpha value is -0.630. The maximum Gasteiger partial charge on any atom is 0.0794 e. The fraction of sp³-hybridized carbons (Fsp3) is 0.286. The Balaban J connectivity index is 2.90. The molecule has 0 saturated heterocycles. The average Bonchev–Trinajstić information content (AvgIpc) is 2.37. The van der Waals surface area contributed by atoms with Crippen molar-refractivity contribution in [2.45, 2.75) is 13.8 Å². The van der Waals surface area contributed by atoms with Crippen LogP contribution in [0.25, 0.3) is 5.57 Å². The molecule has 0 amide bonds. The van der Waals surface area contributed by atoms with E-state index in [9.17, 15) is 0 Å². The molecule has 1 rings (SSSR count). The molecule has 0 aliphatic rings. The molecule has 1 nitrogen and oxygen atoms in total. The van der Waals surface area contributed by atoms with Gasteiger partial charge in [0.25, 0.3) is 0 Å². The molecular weight excluding hydrogens is 130 g/mol. The minimum atomic E-state index is 1.10. The van der Waals surface area contributed by atoms with E-state index >= 15 is 0 Å². The highest BCUT2D eigenvalue weighted by molar-refractivity contribution is 7.03.